The van der Waals surface area contributed by atoms with Gasteiger partial charge >= 0.3 is 0 Å². The van der Waals surface area contributed by atoms with Gasteiger partial charge in [-0.1, -0.05) is 5.21 Å². The Bertz CT molecular complexity index is 727. The van der Waals surface area contributed by atoms with Crippen LogP contribution in [0.4, 0.5) is 0 Å². The number of likely N-dealkylation sites (tertiary alicyclic amines) is 1. The zero-order chi connectivity index (χ0) is 18.4. The third-order valence-electron chi connectivity index (χ3n) is 4.35. The Kier molecular flexibility index (Phi) is 6.00. The molecule has 0 aromatic carbocycles. The molecule has 2 amide bonds. The van der Waals surface area contributed by atoms with E-state index < -0.39 is 0 Å². The lowest BCUT2D eigenvalue weighted by Crippen LogP contribution is -2.41. The van der Waals surface area contributed by atoms with E-state index in [-0.39, 0.29) is 23.4 Å². The minimum Gasteiger partial charge on any atom is -0.459 e. The molecule has 2 aromatic heterocycles. The van der Waals surface area contributed by atoms with Crippen LogP contribution in [0.2, 0.25) is 0 Å². The summed E-state index contributed by atoms with van der Waals surface area (Å²) in [6.07, 6.45) is 5.06. The first-order valence-corrected chi connectivity index (χ1v) is 8.67. The van der Waals surface area contributed by atoms with Crippen molar-refractivity contribution in [2.24, 2.45) is 5.92 Å². The molecule has 3 heterocycles. The van der Waals surface area contributed by atoms with E-state index in [1.807, 2.05) is 4.90 Å². The maximum Gasteiger partial charge on any atom is 0.289 e. The fourth-order valence-corrected chi connectivity index (χ4v) is 3.07. The number of furan rings is 1. The van der Waals surface area contributed by atoms with E-state index >= 15 is 0 Å². The molecular formula is C17H23N5O4. The predicted molar refractivity (Wildman–Crippen MR) is 91.6 cm³/mol. The third kappa shape index (κ3) is 4.48. The lowest BCUT2D eigenvalue weighted by atomic mass is 9.98. The number of rotatable bonds is 7. The summed E-state index contributed by atoms with van der Waals surface area (Å²) < 4.78 is 11.8. The molecule has 0 unspecified atom stereocenters. The van der Waals surface area contributed by atoms with Gasteiger partial charge in [-0.3, -0.25) is 14.3 Å². The molecule has 9 heteroatoms. The van der Waals surface area contributed by atoms with Crippen LogP contribution >= 0.6 is 0 Å². The molecule has 9 nitrogen and oxygen atoms in total. The molecule has 1 atom stereocenters. The van der Waals surface area contributed by atoms with Crippen LogP contribution in [-0.2, 0) is 11.3 Å². The number of ether oxygens (including phenoxy) is 1. The van der Waals surface area contributed by atoms with Gasteiger partial charge in [0.1, 0.15) is 0 Å². The lowest BCUT2D eigenvalue weighted by molar-refractivity contribution is 0.0627. The van der Waals surface area contributed by atoms with Gasteiger partial charge in [-0.15, -0.1) is 5.10 Å². The second-order valence-corrected chi connectivity index (χ2v) is 6.31. The molecule has 0 radical (unpaired) electrons. The van der Waals surface area contributed by atoms with Crippen molar-refractivity contribution in [3.05, 3.63) is 36.0 Å². The number of hydrogen-bond donors (Lipinski definition) is 1. The van der Waals surface area contributed by atoms with Crippen molar-refractivity contribution in [2.45, 2.75) is 19.4 Å². The number of nitrogens with zero attached hydrogens (tertiary/aromatic N) is 4. The van der Waals surface area contributed by atoms with Crippen LogP contribution in [0.1, 0.15) is 33.9 Å². The molecule has 0 aliphatic carbocycles. The van der Waals surface area contributed by atoms with Crippen molar-refractivity contribution in [1.29, 1.82) is 0 Å². The lowest BCUT2D eigenvalue weighted by Gasteiger charge is -2.32. The van der Waals surface area contributed by atoms with Crippen molar-refractivity contribution in [3.8, 4) is 0 Å². The second-order valence-electron chi connectivity index (χ2n) is 6.31. The van der Waals surface area contributed by atoms with Gasteiger partial charge in [-0.25, -0.2) is 0 Å². The summed E-state index contributed by atoms with van der Waals surface area (Å²) in [5.41, 5.74) is 0.278. The van der Waals surface area contributed by atoms with E-state index in [0.717, 1.165) is 19.4 Å². The van der Waals surface area contributed by atoms with E-state index in [2.05, 4.69) is 15.6 Å². The van der Waals surface area contributed by atoms with Crippen LogP contribution in [-0.4, -0.2) is 65.1 Å². The molecule has 26 heavy (non-hydrogen) atoms. The van der Waals surface area contributed by atoms with E-state index in [9.17, 15) is 9.59 Å². The Labute approximate surface area is 151 Å². The Balaban J connectivity index is 1.54. The van der Waals surface area contributed by atoms with Crippen molar-refractivity contribution in [2.75, 3.05) is 33.4 Å². The summed E-state index contributed by atoms with van der Waals surface area (Å²) in [5.74, 6) is 0.262. The summed E-state index contributed by atoms with van der Waals surface area (Å²) in [6.45, 7) is 2.84. The molecular weight excluding hydrogens is 338 g/mol. The van der Waals surface area contributed by atoms with Gasteiger partial charge in [0.05, 0.1) is 19.1 Å². The van der Waals surface area contributed by atoms with E-state index in [1.165, 1.54) is 6.26 Å². The molecule has 1 N–H and O–H groups in total. The highest BCUT2D eigenvalue weighted by atomic mass is 16.5. The highest BCUT2D eigenvalue weighted by molar-refractivity contribution is 5.92. The molecule has 140 valence electrons. The van der Waals surface area contributed by atoms with E-state index in [1.54, 1.807) is 30.1 Å². The van der Waals surface area contributed by atoms with Crippen LogP contribution in [0.25, 0.3) is 0 Å². The van der Waals surface area contributed by atoms with Gasteiger partial charge in [0.2, 0.25) is 0 Å². The Hall–Kier alpha value is -2.68. The zero-order valence-electron chi connectivity index (χ0n) is 14.8. The van der Waals surface area contributed by atoms with Crippen molar-refractivity contribution in [1.82, 2.24) is 25.2 Å². The topological polar surface area (TPSA) is 102 Å². The summed E-state index contributed by atoms with van der Waals surface area (Å²) >= 11 is 0. The van der Waals surface area contributed by atoms with Gasteiger partial charge in [-0.2, -0.15) is 0 Å². The van der Waals surface area contributed by atoms with Crippen LogP contribution in [0, 0.1) is 5.92 Å². The SMILES string of the molecule is COCCNC(=O)c1cn(C[C@H]2CCCN(C(=O)c3ccco3)C2)nn1. The van der Waals surface area contributed by atoms with Crippen LogP contribution < -0.4 is 5.32 Å². The number of carbonyl (C=O) groups is 2. The minimum atomic E-state index is -0.272. The highest BCUT2D eigenvalue weighted by Crippen LogP contribution is 2.20. The number of aromatic nitrogens is 3. The summed E-state index contributed by atoms with van der Waals surface area (Å²) in [5, 5.41) is 10.7. The van der Waals surface area contributed by atoms with Gasteiger partial charge in [-0.05, 0) is 30.9 Å². The first kappa shape index (κ1) is 18.1. The largest absolute Gasteiger partial charge is 0.459 e. The first-order valence-electron chi connectivity index (χ1n) is 8.67. The number of piperidine rings is 1. The van der Waals surface area contributed by atoms with Crippen molar-refractivity contribution >= 4 is 11.8 Å². The standard InChI is InChI=1S/C17H23N5O4/c1-25-9-6-18-16(23)14-12-22(20-19-14)11-13-4-2-7-21(10-13)17(24)15-5-3-8-26-15/h3,5,8,12-13H,2,4,6-7,9-11H2,1H3,(H,18,23)/t13-/m0/s1. The van der Waals surface area contributed by atoms with Gasteiger partial charge in [0.15, 0.2) is 11.5 Å². The summed E-state index contributed by atoms with van der Waals surface area (Å²) in [6, 6.07) is 3.39. The van der Waals surface area contributed by atoms with Gasteiger partial charge in [0, 0.05) is 33.3 Å². The molecule has 1 aliphatic heterocycles. The summed E-state index contributed by atoms with van der Waals surface area (Å²) in [4.78, 5) is 26.2. The molecule has 1 fully saturated rings. The summed E-state index contributed by atoms with van der Waals surface area (Å²) in [7, 11) is 1.58. The second kappa shape index (κ2) is 8.61. The van der Waals surface area contributed by atoms with Crippen LogP contribution in [0.15, 0.2) is 29.0 Å². The van der Waals surface area contributed by atoms with Crippen LogP contribution in [0.5, 0.6) is 0 Å². The molecule has 3 rings (SSSR count). The predicted octanol–water partition coefficient (Wildman–Crippen LogP) is 0.800. The maximum absolute atomic E-state index is 12.4. The number of amides is 2. The van der Waals surface area contributed by atoms with E-state index in [4.69, 9.17) is 9.15 Å². The van der Waals surface area contributed by atoms with Crippen molar-refractivity contribution in [3.63, 3.8) is 0 Å². The smallest absolute Gasteiger partial charge is 0.289 e. The Morgan fingerprint density at radius 2 is 2.35 bits per heavy atom. The minimum absolute atomic E-state index is 0.0866. The molecule has 1 saturated heterocycles. The zero-order valence-corrected chi connectivity index (χ0v) is 14.8. The average Bonchev–Trinajstić information content (AvgIpc) is 3.33. The normalized spacial score (nSPS) is 17.3. The van der Waals surface area contributed by atoms with Gasteiger partial charge in [0.25, 0.3) is 11.8 Å². The molecule has 1 aliphatic rings. The molecule has 0 bridgehead atoms. The number of nitrogens with one attached hydrogen (secondary N) is 1. The Morgan fingerprint density at radius 1 is 1.46 bits per heavy atom. The molecule has 0 saturated carbocycles. The fraction of sp³-hybridized carbons (Fsp3) is 0.529. The van der Waals surface area contributed by atoms with E-state index in [0.29, 0.717) is 32.0 Å². The third-order valence-corrected chi connectivity index (χ3v) is 4.35. The monoisotopic (exact) mass is 361 g/mol. The number of carbonyl (C=O) groups excluding carboxylic acids is 2. The number of hydrogen-bond acceptors (Lipinski definition) is 6. The van der Waals surface area contributed by atoms with Crippen LogP contribution in [0.3, 0.4) is 0 Å². The van der Waals surface area contributed by atoms with Gasteiger partial charge < -0.3 is 19.4 Å². The number of methoxy groups -OCH3 is 1. The fourth-order valence-electron chi connectivity index (χ4n) is 3.07. The molecule has 2 aromatic rings. The first-order chi connectivity index (χ1) is 12.7. The highest BCUT2D eigenvalue weighted by Gasteiger charge is 2.26. The quantitative estimate of drug-likeness (QED) is 0.732. The average molecular weight is 361 g/mol. The molecule has 0 spiro atoms. The Morgan fingerprint density at radius 3 is 3.12 bits per heavy atom. The maximum atomic E-state index is 12.4. The van der Waals surface area contributed by atoms with Crippen molar-refractivity contribution < 1.29 is 18.7 Å².